The van der Waals surface area contributed by atoms with Crippen LogP contribution in [0.4, 0.5) is 0 Å². The lowest BCUT2D eigenvalue weighted by atomic mass is 9.75. The van der Waals surface area contributed by atoms with E-state index in [0.29, 0.717) is 38.2 Å². The van der Waals surface area contributed by atoms with E-state index in [9.17, 15) is 14.7 Å². The number of ketones is 1. The highest BCUT2D eigenvalue weighted by atomic mass is 79.9. The van der Waals surface area contributed by atoms with Crippen molar-refractivity contribution in [2.24, 2.45) is 0 Å². The molecule has 0 radical (unpaired) electrons. The van der Waals surface area contributed by atoms with Gasteiger partial charge in [-0.05, 0) is 28.1 Å². The van der Waals surface area contributed by atoms with E-state index in [1.165, 1.54) is 12.1 Å². The summed E-state index contributed by atoms with van der Waals surface area (Å²) in [7, 11) is 0. The van der Waals surface area contributed by atoms with E-state index in [4.69, 9.17) is 9.47 Å². The molecular formula is C20H10Br2O5. The third-order valence-corrected chi connectivity index (χ3v) is 6.27. The maximum Gasteiger partial charge on any atom is 0.340 e. The predicted molar refractivity (Wildman–Crippen MR) is 103 cm³/mol. The molecule has 2 aliphatic heterocycles. The van der Waals surface area contributed by atoms with Crippen LogP contribution in [0.5, 0.6) is 11.5 Å². The number of phenolic OH excluding ortho intramolecular Hbond substituents is 1. The van der Waals surface area contributed by atoms with Crippen LogP contribution in [0.3, 0.4) is 0 Å². The van der Waals surface area contributed by atoms with Crippen LogP contribution >= 0.6 is 31.9 Å². The van der Waals surface area contributed by atoms with Gasteiger partial charge >= 0.3 is 5.97 Å². The van der Waals surface area contributed by atoms with Crippen LogP contribution in [0.25, 0.3) is 0 Å². The first-order valence-electron chi connectivity index (χ1n) is 8.08. The number of ether oxygens (including phenoxy) is 2. The number of hydrogen-bond acceptors (Lipinski definition) is 5. The molecule has 1 spiro atoms. The van der Waals surface area contributed by atoms with Crippen molar-refractivity contribution in [3.05, 3.63) is 81.0 Å². The first kappa shape index (κ1) is 16.8. The Hall–Kier alpha value is -2.38. The highest BCUT2D eigenvalue weighted by molar-refractivity contribution is 9.10. The van der Waals surface area contributed by atoms with E-state index in [1.807, 2.05) is 12.1 Å². The molecule has 7 heteroatoms. The van der Waals surface area contributed by atoms with Crippen molar-refractivity contribution in [1.29, 1.82) is 0 Å². The lowest BCUT2D eigenvalue weighted by molar-refractivity contribution is -0.113. The van der Waals surface area contributed by atoms with Gasteiger partial charge in [-0.25, -0.2) is 4.79 Å². The molecule has 2 aromatic carbocycles. The van der Waals surface area contributed by atoms with Crippen LogP contribution in [0, 0.1) is 0 Å². The van der Waals surface area contributed by atoms with Crippen LogP contribution in [0.1, 0.15) is 21.5 Å². The summed E-state index contributed by atoms with van der Waals surface area (Å²) in [5.41, 5.74) is 1.02. The van der Waals surface area contributed by atoms with Crippen LogP contribution < -0.4 is 4.74 Å². The second-order valence-corrected chi connectivity index (χ2v) is 8.25. The topological polar surface area (TPSA) is 72.8 Å². The standard InChI is InChI=1S/C20H10Br2O5/c21-13-5-11-17(7-15(13)23)26-18-8-16(24)14(22)6-12(18)20(11)10-4-2-1-3-9(10)19(25)27-20/h1-8,13,24H. The van der Waals surface area contributed by atoms with Crippen LogP contribution in [0.2, 0.25) is 0 Å². The van der Waals surface area contributed by atoms with Crippen molar-refractivity contribution in [2.45, 2.75) is 10.4 Å². The summed E-state index contributed by atoms with van der Waals surface area (Å²) >= 11 is 6.68. The molecule has 27 heavy (non-hydrogen) atoms. The Morgan fingerprint density at radius 3 is 2.70 bits per heavy atom. The van der Waals surface area contributed by atoms with Gasteiger partial charge in [0.1, 0.15) is 17.3 Å². The average Bonchev–Trinajstić information content (AvgIpc) is 2.93. The zero-order valence-electron chi connectivity index (χ0n) is 13.5. The molecule has 1 aliphatic carbocycles. The molecule has 0 bridgehead atoms. The number of rotatable bonds is 0. The zero-order valence-corrected chi connectivity index (χ0v) is 16.7. The minimum absolute atomic E-state index is 0.0185. The SMILES string of the molecule is O=C1OC2(C3=CC(Br)C(=O)C=C3Oc3cc(O)c(Br)cc32)c2ccccc21. The van der Waals surface area contributed by atoms with Gasteiger partial charge in [0.05, 0.1) is 14.9 Å². The first-order valence-corrected chi connectivity index (χ1v) is 9.78. The smallest absolute Gasteiger partial charge is 0.340 e. The van der Waals surface area contributed by atoms with Gasteiger partial charge in [0.25, 0.3) is 0 Å². The molecule has 134 valence electrons. The molecule has 5 nitrogen and oxygen atoms in total. The summed E-state index contributed by atoms with van der Waals surface area (Å²) in [6, 6.07) is 10.3. The van der Waals surface area contributed by atoms with Gasteiger partial charge in [0, 0.05) is 28.8 Å². The molecule has 2 unspecified atom stereocenters. The molecule has 2 atom stereocenters. The molecule has 0 saturated carbocycles. The van der Waals surface area contributed by atoms with E-state index in [2.05, 4.69) is 31.9 Å². The van der Waals surface area contributed by atoms with Gasteiger partial charge in [0.15, 0.2) is 11.4 Å². The number of hydrogen-bond donors (Lipinski definition) is 1. The largest absolute Gasteiger partial charge is 0.507 e. The van der Waals surface area contributed by atoms with Crippen molar-refractivity contribution < 1.29 is 24.2 Å². The number of halogens is 2. The normalized spacial score (nSPS) is 25.0. The molecular weight excluding hydrogens is 480 g/mol. The maximum absolute atomic E-state index is 12.7. The molecule has 0 saturated heterocycles. The summed E-state index contributed by atoms with van der Waals surface area (Å²) in [6.07, 6.45) is 3.09. The van der Waals surface area contributed by atoms with E-state index in [-0.39, 0.29) is 11.5 Å². The summed E-state index contributed by atoms with van der Waals surface area (Å²) in [5, 5.41) is 10.1. The van der Waals surface area contributed by atoms with E-state index >= 15 is 0 Å². The lowest BCUT2D eigenvalue weighted by Crippen LogP contribution is -2.38. The summed E-state index contributed by atoms with van der Waals surface area (Å²) in [4.78, 5) is 24.3. The van der Waals surface area contributed by atoms with Crippen LogP contribution in [-0.4, -0.2) is 21.7 Å². The van der Waals surface area contributed by atoms with Gasteiger partial charge in [0.2, 0.25) is 0 Å². The number of benzene rings is 2. The number of carbonyl (C=O) groups is 2. The molecule has 0 aromatic heterocycles. The summed E-state index contributed by atoms with van der Waals surface area (Å²) in [5.74, 6) is -0.0221. The number of aromatic hydroxyl groups is 1. The molecule has 0 amide bonds. The fraction of sp³-hybridized carbons (Fsp3) is 0.100. The highest BCUT2D eigenvalue weighted by Gasteiger charge is 2.56. The number of esters is 1. The van der Waals surface area contributed by atoms with Gasteiger partial charge < -0.3 is 14.6 Å². The van der Waals surface area contributed by atoms with Gasteiger partial charge in [-0.2, -0.15) is 0 Å². The van der Waals surface area contributed by atoms with Crippen molar-refractivity contribution in [3.8, 4) is 11.5 Å². The second-order valence-electron chi connectivity index (χ2n) is 6.41. The van der Waals surface area contributed by atoms with Gasteiger partial charge in [-0.1, -0.05) is 40.2 Å². The number of allylic oxidation sites excluding steroid dienone is 2. The summed E-state index contributed by atoms with van der Waals surface area (Å²) in [6.45, 7) is 0. The highest BCUT2D eigenvalue weighted by Crippen LogP contribution is 2.57. The first-order chi connectivity index (χ1) is 12.9. The van der Waals surface area contributed by atoms with E-state index in [1.54, 1.807) is 24.3 Å². The number of carbonyl (C=O) groups excluding carboxylic acids is 2. The third kappa shape index (κ3) is 2.15. The van der Waals surface area contributed by atoms with Crippen molar-refractivity contribution in [2.75, 3.05) is 0 Å². The predicted octanol–water partition coefficient (Wildman–Crippen LogP) is 4.12. The molecule has 2 heterocycles. The quantitative estimate of drug-likeness (QED) is 0.445. The number of alkyl halides is 1. The van der Waals surface area contributed by atoms with E-state index < -0.39 is 16.4 Å². The Morgan fingerprint density at radius 2 is 1.89 bits per heavy atom. The number of fused-ring (bicyclic) bond motifs is 6. The molecule has 2 aromatic rings. The average molecular weight is 490 g/mol. The van der Waals surface area contributed by atoms with Crippen LogP contribution in [-0.2, 0) is 15.1 Å². The monoisotopic (exact) mass is 488 g/mol. The fourth-order valence-corrected chi connectivity index (χ4v) is 4.50. The van der Waals surface area contributed by atoms with Gasteiger partial charge in [-0.3, -0.25) is 4.79 Å². The van der Waals surface area contributed by atoms with Crippen molar-refractivity contribution in [3.63, 3.8) is 0 Å². The third-order valence-electron chi connectivity index (χ3n) is 4.92. The minimum atomic E-state index is -1.25. The Kier molecular flexibility index (Phi) is 3.45. The van der Waals surface area contributed by atoms with Crippen LogP contribution in [0.15, 0.2) is 64.4 Å². The van der Waals surface area contributed by atoms with Crippen molar-refractivity contribution in [1.82, 2.24) is 0 Å². The minimum Gasteiger partial charge on any atom is -0.507 e. The van der Waals surface area contributed by atoms with E-state index in [0.717, 1.165) is 0 Å². The lowest BCUT2D eigenvalue weighted by Gasteiger charge is -2.39. The molecule has 5 rings (SSSR count). The Bertz CT molecular complexity index is 1120. The Morgan fingerprint density at radius 1 is 1.11 bits per heavy atom. The molecule has 1 N–H and O–H groups in total. The molecule has 3 aliphatic rings. The van der Waals surface area contributed by atoms with Gasteiger partial charge in [-0.15, -0.1) is 0 Å². The van der Waals surface area contributed by atoms with Crippen molar-refractivity contribution >= 4 is 43.6 Å². The Balaban J connectivity index is 1.90. The second kappa shape index (κ2) is 5.56. The maximum atomic E-state index is 12.7. The zero-order chi connectivity index (χ0) is 18.9. The number of phenols is 1. The molecule has 0 fully saturated rings. The fourth-order valence-electron chi connectivity index (χ4n) is 3.76. The summed E-state index contributed by atoms with van der Waals surface area (Å²) < 4.78 is 12.3. The Labute approximate surface area is 170 Å².